The number of aldehydes is 1. The molecule has 0 bridgehead atoms. The van der Waals surface area contributed by atoms with E-state index in [2.05, 4.69) is 16.0 Å². The number of benzene rings is 2. The van der Waals surface area contributed by atoms with Gasteiger partial charge in [-0.05, 0) is 48.6 Å². The molecule has 1 heterocycles. The van der Waals surface area contributed by atoms with Gasteiger partial charge >= 0.3 is 0 Å². The molecule has 1 unspecified atom stereocenters. The number of carbonyl (C=O) groups is 4. The van der Waals surface area contributed by atoms with E-state index in [-0.39, 0.29) is 24.7 Å². The summed E-state index contributed by atoms with van der Waals surface area (Å²) in [6, 6.07) is 14.8. The molecule has 1 fully saturated rings. The monoisotopic (exact) mass is 477 g/mol. The van der Waals surface area contributed by atoms with Crippen LogP contribution in [0.1, 0.15) is 30.4 Å². The van der Waals surface area contributed by atoms with Crippen molar-refractivity contribution in [3.8, 4) is 5.75 Å². The highest BCUT2D eigenvalue weighted by Crippen LogP contribution is 2.17. The van der Waals surface area contributed by atoms with Crippen molar-refractivity contribution in [1.82, 2.24) is 16.0 Å². The molecule has 3 rings (SSSR count). The predicted molar refractivity (Wildman–Crippen MR) is 132 cm³/mol. The molecule has 0 radical (unpaired) electrons. The highest BCUT2D eigenvalue weighted by molar-refractivity contribution is 5.96. The van der Waals surface area contributed by atoms with Crippen molar-refractivity contribution in [2.75, 3.05) is 13.7 Å². The summed E-state index contributed by atoms with van der Waals surface area (Å²) in [7, 11) is 1.58. The maximum absolute atomic E-state index is 13.1. The van der Waals surface area contributed by atoms with E-state index in [1.165, 1.54) is 6.08 Å². The predicted octanol–water partition coefficient (Wildman–Crippen LogP) is 2.04. The second-order valence-electron chi connectivity index (χ2n) is 8.47. The molecule has 1 aliphatic rings. The van der Waals surface area contributed by atoms with E-state index >= 15 is 0 Å². The fraction of sp³-hybridized carbons (Fsp3) is 0.333. The average Bonchev–Trinajstić information content (AvgIpc) is 2.88. The van der Waals surface area contributed by atoms with Crippen molar-refractivity contribution in [2.24, 2.45) is 5.92 Å². The minimum Gasteiger partial charge on any atom is -0.497 e. The van der Waals surface area contributed by atoms with Gasteiger partial charge in [0.15, 0.2) is 0 Å². The van der Waals surface area contributed by atoms with Crippen LogP contribution in [-0.2, 0) is 25.6 Å². The zero-order chi connectivity index (χ0) is 25.0. The van der Waals surface area contributed by atoms with Crippen molar-refractivity contribution < 1.29 is 23.9 Å². The number of rotatable bonds is 11. The first-order valence-electron chi connectivity index (χ1n) is 11.7. The van der Waals surface area contributed by atoms with Crippen molar-refractivity contribution >= 4 is 30.1 Å². The largest absolute Gasteiger partial charge is 0.497 e. The minimum atomic E-state index is -0.895. The van der Waals surface area contributed by atoms with Crippen LogP contribution in [-0.4, -0.2) is 49.7 Å². The van der Waals surface area contributed by atoms with Crippen molar-refractivity contribution in [2.45, 2.75) is 37.8 Å². The molecule has 8 nitrogen and oxygen atoms in total. The maximum atomic E-state index is 13.1. The average molecular weight is 478 g/mol. The van der Waals surface area contributed by atoms with E-state index in [4.69, 9.17) is 4.74 Å². The lowest BCUT2D eigenvalue weighted by molar-refractivity contribution is -0.130. The smallest absolute Gasteiger partial charge is 0.244 e. The summed E-state index contributed by atoms with van der Waals surface area (Å²) < 4.78 is 5.13. The highest BCUT2D eigenvalue weighted by atomic mass is 16.5. The standard InChI is InChI=1S/C27H31N3O5/c1-35-23-12-9-19(10-13-23)11-14-25(32)30-24(16-20-6-3-2-4-7-20)27(34)29-22(18-31)17-21-8-5-15-28-26(21)33/h2-4,6-7,9-14,18,21-22,24H,5,8,15-17H2,1H3,(H,28,33)(H,29,34)(H,30,32)/b14-11+/t21?,22-,24-/m0/s1. The van der Waals surface area contributed by atoms with E-state index in [0.717, 1.165) is 17.5 Å². The number of methoxy groups -OCH3 is 1. The van der Waals surface area contributed by atoms with Crippen LogP contribution in [0.5, 0.6) is 5.75 Å². The third-order valence-corrected chi connectivity index (χ3v) is 5.89. The Hall–Kier alpha value is -3.94. The number of hydrogen-bond donors (Lipinski definition) is 3. The lowest BCUT2D eigenvalue weighted by Gasteiger charge is -2.25. The Kier molecular flexibility index (Phi) is 9.59. The molecular weight excluding hydrogens is 446 g/mol. The molecular formula is C27H31N3O5. The summed E-state index contributed by atoms with van der Waals surface area (Å²) in [4.78, 5) is 49.5. The molecule has 1 aliphatic heterocycles. The quantitative estimate of drug-likeness (QED) is 0.339. The Morgan fingerprint density at radius 2 is 1.86 bits per heavy atom. The first-order valence-corrected chi connectivity index (χ1v) is 11.7. The highest BCUT2D eigenvalue weighted by Gasteiger charge is 2.28. The third-order valence-electron chi connectivity index (χ3n) is 5.89. The summed E-state index contributed by atoms with van der Waals surface area (Å²) in [6.07, 6.45) is 5.63. The molecule has 1 saturated heterocycles. The normalized spacial score (nSPS) is 17.2. The van der Waals surface area contributed by atoms with E-state index < -0.39 is 23.9 Å². The molecule has 3 amide bonds. The Bertz CT molecular complexity index is 1040. The van der Waals surface area contributed by atoms with Crippen molar-refractivity contribution in [3.63, 3.8) is 0 Å². The summed E-state index contributed by atoms with van der Waals surface area (Å²) >= 11 is 0. The van der Waals surface area contributed by atoms with Gasteiger partial charge in [0.2, 0.25) is 17.7 Å². The summed E-state index contributed by atoms with van der Waals surface area (Å²) in [5.74, 6) is -0.634. The Labute approximate surface area is 205 Å². The molecule has 0 aromatic heterocycles. The van der Waals surface area contributed by atoms with Gasteiger partial charge in [-0.25, -0.2) is 0 Å². The van der Waals surface area contributed by atoms with Gasteiger partial charge in [0, 0.05) is 25.0 Å². The van der Waals surface area contributed by atoms with Crippen LogP contribution in [0.15, 0.2) is 60.7 Å². The molecule has 2 aromatic rings. The number of nitrogens with one attached hydrogen (secondary N) is 3. The molecule has 0 aliphatic carbocycles. The molecule has 0 spiro atoms. The lowest BCUT2D eigenvalue weighted by atomic mass is 9.92. The third kappa shape index (κ3) is 8.10. The van der Waals surface area contributed by atoms with Gasteiger partial charge in [-0.3, -0.25) is 14.4 Å². The Morgan fingerprint density at radius 3 is 2.51 bits per heavy atom. The van der Waals surface area contributed by atoms with Crippen LogP contribution in [0.4, 0.5) is 0 Å². The van der Waals surface area contributed by atoms with Crippen LogP contribution >= 0.6 is 0 Å². The van der Waals surface area contributed by atoms with Gasteiger partial charge in [0.25, 0.3) is 0 Å². The van der Waals surface area contributed by atoms with Gasteiger partial charge in [-0.2, -0.15) is 0 Å². The first-order chi connectivity index (χ1) is 17.0. The van der Waals surface area contributed by atoms with E-state index in [1.54, 1.807) is 25.3 Å². The van der Waals surface area contributed by atoms with Crippen LogP contribution in [0.25, 0.3) is 6.08 Å². The molecule has 0 saturated carbocycles. The topological polar surface area (TPSA) is 114 Å². The van der Waals surface area contributed by atoms with Crippen LogP contribution in [0, 0.1) is 5.92 Å². The second kappa shape index (κ2) is 13.1. The van der Waals surface area contributed by atoms with E-state index in [0.29, 0.717) is 25.0 Å². The molecule has 3 N–H and O–H groups in total. The van der Waals surface area contributed by atoms with E-state index in [1.807, 2.05) is 42.5 Å². The van der Waals surface area contributed by atoms with Gasteiger partial charge in [0.05, 0.1) is 13.2 Å². The van der Waals surface area contributed by atoms with Crippen LogP contribution in [0.2, 0.25) is 0 Å². The first kappa shape index (κ1) is 25.7. The maximum Gasteiger partial charge on any atom is 0.244 e. The molecule has 35 heavy (non-hydrogen) atoms. The number of carbonyl (C=O) groups excluding carboxylic acids is 4. The molecule has 184 valence electrons. The summed E-state index contributed by atoms with van der Waals surface area (Å²) in [5, 5.41) is 8.24. The lowest BCUT2D eigenvalue weighted by Crippen LogP contribution is -2.51. The molecule has 8 heteroatoms. The van der Waals surface area contributed by atoms with E-state index in [9.17, 15) is 19.2 Å². The van der Waals surface area contributed by atoms with Crippen molar-refractivity contribution in [3.05, 3.63) is 71.8 Å². The number of hydrogen-bond acceptors (Lipinski definition) is 5. The van der Waals surface area contributed by atoms with Gasteiger partial charge in [-0.1, -0.05) is 42.5 Å². The second-order valence-corrected chi connectivity index (χ2v) is 8.47. The fourth-order valence-electron chi connectivity index (χ4n) is 3.96. The summed E-state index contributed by atoms with van der Waals surface area (Å²) in [5.41, 5.74) is 1.66. The molecule has 2 aromatic carbocycles. The minimum absolute atomic E-state index is 0.102. The molecule has 3 atom stereocenters. The Morgan fingerprint density at radius 1 is 1.11 bits per heavy atom. The SMILES string of the molecule is COc1ccc(/C=C/C(=O)N[C@@H](Cc2ccccc2)C(=O)N[C@H](C=O)CC2CCCNC2=O)cc1. The number of amides is 3. The zero-order valence-electron chi connectivity index (χ0n) is 19.7. The van der Waals surface area contributed by atoms with Crippen LogP contribution in [0.3, 0.4) is 0 Å². The fourth-order valence-corrected chi connectivity index (χ4v) is 3.96. The van der Waals surface area contributed by atoms with Gasteiger partial charge in [0.1, 0.15) is 18.1 Å². The summed E-state index contributed by atoms with van der Waals surface area (Å²) in [6.45, 7) is 0.628. The van der Waals surface area contributed by atoms with Crippen LogP contribution < -0.4 is 20.7 Å². The zero-order valence-corrected chi connectivity index (χ0v) is 19.7. The van der Waals surface area contributed by atoms with Gasteiger partial charge < -0.3 is 25.5 Å². The van der Waals surface area contributed by atoms with Crippen molar-refractivity contribution in [1.29, 1.82) is 0 Å². The number of piperidine rings is 1. The number of ether oxygens (including phenoxy) is 1. The Balaban J connectivity index is 1.67. The van der Waals surface area contributed by atoms with Gasteiger partial charge in [-0.15, -0.1) is 0 Å².